The quantitative estimate of drug-likeness (QED) is 0.680. The van der Waals surface area contributed by atoms with Crippen LogP contribution in [0.25, 0.3) is 0 Å². The zero-order valence-electron chi connectivity index (χ0n) is 17.7. The van der Waals surface area contributed by atoms with Crippen LogP contribution in [-0.2, 0) is 7.05 Å². The van der Waals surface area contributed by atoms with E-state index in [1.807, 2.05) is 12.1 Å². The fraction of sp³-hybridized carbons (Fsp3) is 0.318. The number of benzene rings is 1. The first-order valence-electron chi connectivity index (χ1n) is 10.0. The summed E-state index contributed by atoms with van der Waals surface area (Å²) >= 11 is 0. The second kappa shape index (κ2) is 8.55. The molecule has 0 aliphatic carbocycles. The van der Waals surface area contributed by atoms with E-state index >= 15 is 0 Å². The normalized spacial score (nSPS) is 15.7. The second-order valence-electron chi connectivity index (χ2n) is 7.52. The van der Waals surface area contributed by atoms with Gasteiger partial charge in [-0.1, -0.05) is 12.1 Å². The first kappa shape index (κ1) is 20.5. The zero-order valence-corrected chi connectivity index (χ0v) is 17.7. The highest BCUT2D eigenvalue weighted by molar-refractivity contribution is 6.05. The van der Waals surface area contributed by atoms with Gasteiger partial charge >= 0.3 is 0 Å². The molecular weight excluding hydrogens is 396 g/mol. The van der Waals surface area contributed by atoms with E-state index < -0.39 is 0 Å². The van der Waals surface area contributed by atoms with Gasteiger partial charge in [0.15, 0.2) is 0 Å². The highest BCUT2D eigenvalue weighted by Crippen LogP contribution is 2.27. The molecule has 1 fully saturated rings. The highest BCUT2D eigenvalue weighted by atomic mass is 16.5. The molecule has 1 atom stereocenters. The van der Waals surface area contributed by atoms with E-state index in [4.69, 9.17) is 4.74 Å². The topological polar surface area (TPSA) is 102 Å². The number of para-hydroxylation sites is 2. The molecule has 9 nitrogen and oxygen atoms in total. The Morgan fingerprint density at radius 1 is 1.23 bits per heavy atom. The van der Waals surface area contributed by atoms with E-state index in [-0.39, 0.29) is 17.7 Å². The smallest absolute Gasteiger partial charge is 0.259 e. The third-order valence-electron chi connectivity index (χ3n) is 5.39. The SMILES string of the molecule is COc1ccccc1NC(=O)c1cnc([C@H]2CCN(C(=O)c3cnn(C)c3)C2)nc1C. The lowest BCUT2D eigenvalue weighted by Crippen LogP contribution is -2.28. The van der Waals surface area contributed by atoms with Crippen molar-refractivity contribution in [3.8, 4) is 5.75 Å². The van der Waals surface area contributed by atoms with Crippen molar-refractivity contribution in [3.05, 3.63) is 65.5 Å². The van der Waals surface area contributed by atoms with Crippen LogP contribution in [0.3, 0.4) is 0 Å². The molecule has 0 saturated carbocycles. The van der Waals surface area contributed by atoms with Crippen LogP contribution in [0.5, 0.6) is 5.75 Å². The van der Waals surface area contributed by atoms with Gasteiger partial charge in [0, 0.05) is 38.4 Å². The molecule has 0 bridgehead atoms. The molecule has 2 aromatic heterocycles. The van der Waals surface area contributed by atoms with E-state index in [1.54, 1.807) is 61.4 Å². The molecule has 1 aromatic carbocycles. The van der Waals surface area contributed by atoms with Crippen molar-refractivity contribution < 1.29 is 14.3 Å². The molecule has 1 aliphatic rings. The van der Waals surface area contributed by atoms with Gasteiger partial charge in [-0.05, 0) is 25.5 Å². The Kier molecular flexibility index (Phi) is 5.66. The number of hydrogen-bond acceptors (Lipinski definition) is 6. The van der Waals surface area contributed by atoms with Gasteiger partial charge in [0.1, 0.15) is 11.6 Å². The van der Waals surface area contributed by atoms with Gasteiger partial charge in [-0.2, -0.15) is 5.10 Å². The standard InChI is InChI=1S/C22H24N6O3/c1-14-17(21(29)26-18-6-4-5-7-19(18)31-3)11-23-20(25-14)15-8-9-28(13-15)22(30)16-10-24-27(2)12-16/h4-7,10-12,15H,8-9,13H2,1-3H3,(H,26,29)/t15-/m0/s1. The van der Waals surface area contributed by atoms with Crippen molar-refractivity contribution in [1.82, 2.24) is 24.6 Å². The number of amides is 2. The minimum absolute atomic E-state index is 0.0330. The summed E-state index contributed by atoms with van der Waals surface area (Å²) in [5.74, 6) is 0.919. The molecule has 1 aliphatic heterocycles. The number of carbonyl (C=O) groups is 2. The number of aryl methyl sites for hydroxylation is 2. The number of rotatable bonds is 5. The van der Waals surface area contributed by atoms with Gasteiger partial charge in [-0.3, -0.25) is 14.3 Å². The van der Waals surface area contributed by atoms with Crippen LogP contribution in [0.2, 0.25) is 0 Å². The number of carbonyl (C=O) groups excluding carboxylic acids is 2. The average molecular weight is 420 g/mol. The Labute approximate surface area is 180 Å². The lowest BCUT2D eigenvalue weighted by atomic mass is 10.1. The maximum Gasteiger partial charge on any atom is 0.259 e. The van der Waals surface area contributed by atoms with Crippen LogP contribution >= 0.6 is 0 Å². The lowest BCUT2D eigenvalue weighted by molar-refractivity contribution is 0.0790. The van der Waals surface area contributed by atoms with Gasteiger partial charge in [-0.25, -0.2) is 9.97 Å². The number of aromatic nitrogens is 4. The number of ether oxygens (including phenoxy) is 1. The van der Waals surface area contributed by atoms with E-state index in [1.165, 1.54) is 0 Å². The summed E-state index contributed by atoms with van der Waals surface area (Å²) < 4.78 is 6.89. The number of hydrogen-bond donors (Lipinski definition) is 1. The number of nitrogens with one attached hydrogen (secondary N) is 1. The summed E-state index contributed by atoms with van der Waals surface area (Å²) in [6.45, 7) is 2.96. The molecule has 0 spiro atoms. The average Bonchev–Trinajstić information content (AvgIpc) is 3.43. The summed E-state index contributed by atoms with van der Waals surface area (Å²) in [7, 11) is 3.34. The molecule has 0 radical (unpaired) electrons. The van der Waals surface area contributed by atoms with Crippen LogP contribution in [0.1, 0.15) is 44.6 Å². The van der Waals surface area contributed by atoms with Crippen molar-refractivity contribution >= 4 is 17.5 Å². The van der Waals surface area contributed by atoms with Gasteiger partial charge in [-0.15, -0.1) is 0 Å². The Morgan fingerprint density at radius 2 is 2.03 bits per heavy atom. The van der Waals surface area contributed by atoms with Gasteiger partial charge in [0.2, 0.25) is 0 Å². The minimum Gasteiger partial charge on any atom is -0.495 e. The maximum atomic E-state index is 12.7. The molecule has 1 N–H and O–H groups in total. The van der Waals surface area contributed by atoms with Crippen LogP contribution in [-0.4, -0.2) is 56.7 Å². The third-order valence-corrected chi connectivity index (χ3v) is 5.39. The predicted molar refractivity (Wildman–Crippen MR) is 114 cm³/mol. The molecule has 1 saturated heterocycles. The first-order chi connectivity index (χ1) is 15.0. The molecule has 2 amide bonds. The van der Waals surface area contributed by atoms with Crippen molar-refractivity contribution in [1.29, 1.82) is 0 Å². The zero-order chi connectivity index (χ0) is 22.0. The van der Waals surface area contributed by atoms with E-state index in [9.17, 15) is 9.59 Å². The van der Waals surface area contributed by atoms with Crippen LogP contribution in [0.15, 0.2) is 42.9 Å². The van der Waals surface area contributed by atoms with E-state index in [0.29, 0.717) is 47.2 Å². The van der Waals surface area contributed by atoms with Crippen LogP contribution in [0, 0.1) is 6.92 Å². The largest absolute Gasteiger partial charge is 0.495 e. The third kappa shape index (κ3) is 4.25. The van der Waals surface area contributed by atoms with Gasteiger partial charge in [0.05, 0.1) is 35.8 Å². The molecule has 3 aromatic rings. The summed E-state index contributed by atoms with van der Waals surface area (Å²) in [5, 5.41) is 6.91. The number of nitrogens with zero attached hydrogens (tertiary/aromatic N) is 5. The van der Waals surface area contributed by atoms with Crippen molar-refractivity contribution in [2.24, 2.45) is 7.05 Å². The summed E-state index contributed by atoms with van der Waals surface area (Å²) in [6, 6.07) is 7.21. The Bertz CT molecular complexity index is 1130. The molecular formula is C22H24N6O3. The van der Waals surface area contributed by atoms with Gasteiger partial charge < -0.3 is 15.0 Å². The van der Waals surface area contributed by atoms with Crippen LogP contribution < -0.4 is 10.1 Å². The monoisotopic (exact) mass is 420 g/mol. The van der Waals surface area contributed by atoms with Crippen molar-refractivity contribution in [2.45, 2.75) is 19.3 Å². The summed E-state index contributed by atoms with van der Waals surface area (Å²) in [6.07, 6.45) is 5.61. The lowest BCUT2D eigenvalue weighted by Gasteiger charge is -2.15. The fourth-order valence-electron chi connectivity index (χ4n) is 3.71. The molecule has 160 valence electrons. The fourth-order valence-corrected chi connectivity index (χ4v) is 3.71. The predicted octanol–water partition coefficient (Wildman–Crippen LogP) is 2.41. The molecule has 9 heteroatoms. The Balaban J connectivity index is 1.45. The van der Waals surface area contributed by atoms with E-state index in [2.05, 4.69) is 20.4 Å². The molecule has 4 rings (SSSR count). The Hall–Kier alpha value is -3.75. The van der Waals surface area contributed by atoms with Gasteiger partial charge in [0.25, 0.3) is 11.8 Å². The summed E-state index contributed by atoms with van der Waals surface area (Å²) in [4.78, 5) is 36.2. The molecule has 0 unspecified atom stereocenters. The van der Waals surface area contributed by atoms with Crippen molar-refractivity contribution in [2.75, 3.05) is 25.5 Å². The highest BCUT2D eigenvalue weighted by Gasteiger charge is 2.30. The number of methoxy groups -OCH3 is 1. The summed E-state index contributed by atoms with van der Waals surface area (Å²) in [5.41, 5.74) is 2.15. The van der Waals surface area contributed by atoms with Crippen molar-refractivity contribution in [3.63, 3.8) is 0 Å². The number of likely N-dealkylation sites (tertiary alicyclic amines) is 1. The maximum absolute atomic E-state index is 12.7. The van der Waals surface area contributed by atoms with E-state index in [0.717, 1.165) is 6.42 Å². The first-order valence-corrected chi connectivity index (χ1v) is 10.0. The second-order valence-corrected chi connectivity index (χ2v) is 7.52. The van der Waals surface area contributed by atoms with Crippen LogP contribution in [0.4, 0.5) is 5.69 Å². The molecule has 3 heterocycles. The number of anilines is 1. The molecule has 31 heavy (non-hydrogen) atoms. The minimum atomic E-state index is -0.298. The Morgan fingerprint density at radius 3 is 2.74 bits per heavy atom.